The molecule has 0 spiro atoms. The normalized spacial score (nSPS) is 21.3. The summed E-state index contributed by atoms with van der Waals surface area (Å²) in [7, 11) is 4.46. The van der Waals surface area contributed by atoms with E-state index in [1.807, 2.05) is 0 Å². The van der Waals surface area contributed by atoms with Crippen LogP contribution in [0.15, 0.2) is 24.3 Å². The van der Waals surface area contributed by atoms with Gasteiger partial charge in [-0.1, -0.05) is 24.3 Å². The molecule has 2 aliphatic rings. The van der Waals surface area contributed by atoms with Gasteiger partial charge in [0.2, 0.25) is 0 Å². The summed E-state index contributed by atoms with van der Waals surface area (Å²) in [5.74, 6) is 0. The standard InChI is InChI=1S/C22H38N4/c1-23-12-16-25(17-13-23)10-4-8-21-6-3-7-22(20-21)9-5-11-26-18-14-24(2)15-19-26/h3,6-7,20H,4-5,8-19H2,1-2H3. The Labute approximate surface area is 160 Å². The first kappa shape index (κ1) is 19.8. The summed E-state index contributed by atoms with van der Waals surface area (Å²) >= 11 is 0. The number of likely N-dealkylation sites (N-methyl/N-ethyl adjacent to an activating group) is 2. The number of nitrogens with zero attached hydrogens (tertiary/aromatic N) is 4. The maximum absolute atomic E-state index is 2.62. The van der Waals surface area contributed by atoms with E-state index in [0.29, 0.717) is 0 Å². The third kappa shape index (κ3) is 6.66. The van der Waals surface area contributed by atoms with Crippen LogP contribution in [0.25, 0.3) is 0 Å². The summed E-state index contributed by atoms with van der Waals surface area (Å²) in [4.78, 5) is 10.1. The van der Waals surface area contributed by atoms with Gasteiger partial charge in [0.1, 0.15) is 0 Å². The Kier molecular flexibility index (Phi) is 7.93. The van der Waals surface area contributed by atoms with Gasteiger partial charge >= 0.3 is 0 Å². The SMILES string of the molecule is CN1CCN(CCCc2cccc(CCCN3CCN(C)CC3)c2)CC1. The first-order valence-corrected chi connectivity index (χ1v) is 10.6. The predicted molar refractivity (Wildman–Crippen MR) is 111 cm³/mol. The Morgan fingerprint density at radius 3 is 1.50 bits per heavy atom. The molecule has 2 aliphatic heterocycles. The molecule has 0 aliphatic carbocycles. The van der Waals surface area contributed by atoms with Crippen molar-refractivity contribution in [2.24, 2.45) is 0 Å². The van der Waals surface area contributed by atoms with Crippen molar-refractivity contribution in [1.82, 2.24) is 19.6 Å². The first-order chi connectivity index (χ1) is 12.7. The first-order valence-electron chi connectivity index (χ1n) is 10.6. The van der Waals surface area contributed by atoms with Gasteiger partial charge in [0.05, 0.1) is 0 Å². The number of hydrogen-bond acceptors (Lipinski definition) is 4. The minimum atomic E-state index is 1.22. The average Bonchev–Trinajstić information content (AvgIpc) is 2.65. The fourth-order valence-electron chi connectivity index (χ4n) is 4.10. The Bertz CT molecular complexity index is 473. The summed E-state index contributed by atoms with van der Waals surface area (Å²) in [6, 6.07) is 9.34. The molecule has 3 rings (SSSR count). The minimum absolute atomic E-state index is 1.22. The van der Waals surface area contributed by atoms with Crippen LogP contribution in [0.5, 0.6) is 0 Å². The van der Waals surface area contributed by atoms with E-state index in [0.717, 1.165) is 0 Å². The second-order valence-corrected chi connectivity index (χ2v) is 8.32. The fraction of sp³-hybridized carbons (Fsp3) is 0.727. The molecule has 1 aromatic rings. The highest BCUT2D eigenvalue weighted by molar-refractivity contribution is 5.23. The lowest BCUT2D eigenvalue weighted by molar-refractivity contribution is 0.153. The zero-order chi connectivity index (χ0) is 18.2. The Balaban J connectivity index is 1.33. The third-order valence-electron chi connectivity index (χ3n) is 6.06. The molecular formula is C22H38N4. The van der Waals surface area contributed by atoms with Crippen LogP contribution in [0, 0.1) is 0 Å². The monoisotopic (exact) mass is 358 g/mol. The fourth-order valence-corrected chi connectivity index (χ4v) is 4.10. The molecular weight excluding hydrogens is 320 g/mol. The Morgan fingerprint density at radius 1 is 0.654 bits per heavy atom. The highest BCUT2D eigenvalue weighted by Gasteiger charge is 2.14. The van der Waals surface area contributed by atoms with Gasteiger partial charge in [0.25, 0.3) is 0 Å². The molecule has 0 radical (unpaired) electrons. The quantitative estimate of drug-likeness (QED) is 0.705. The molecule has 4 heteroatoms. The van der Waals surface area contributed by atoms with E-state index in [1.54, 1.807) is 0 Å². The van der Waals surface area contributed by atoms with Crippen LogP contribution in [0.2, 0.25) is 0 Å². The van der Waals surface area contributed by atoms with Crippen molar-refractivity contribution >= 4 is 0 Å². The number of rotatable bonds is 8. The molecule has 0 amide bonds. The summed E-state index contributed by atoms with van der Waals surface area (Å²) in [6.07, 6.45) is 5.01. The van der Waals surface area contributed by atoms with Crippen LogP contribution >= 0.6 is 0 Å². The van der Waals surface area contributed by atoms with Crippen LogP contribution < -0.4 is 0 Å². The molecule has 0 unspecified atom stereocenters. The summed E-state index contributed by atoms with van der Waals surface area (Å²) < 4.78 is 0. The lowest BCUT2D eigenvalue weighted by atomic mass is 10.0. The molecule has 2 saturated heterocycles. The van der Waals surface area contributed by atoms with Crippen molar-refractivity contribution in [2.75, 3.05) is 79.5 Å². The highest BCUT2D eigenvalue weighted by atomic mass is 15.2. The molecule has 26 heavy (non-hydrogen) atoms. The van der Waals surface area contributed by atoms with Crippen molar-refractivity contribution in [3.63, 3.8) is 0 Å². The lowest BCUT2D eigenvalue weighted by Crippen LogP contribution is -2.44. The summed E-state index contributed by atoms with van der Waals surface area (Å²) in [5, 5.41) is 0. The van der Waals surface area contributed by atoms with Crippen LogP contribution in [-0.2, 0) is 12.8 Å². The molecule has 0 N–H and O–H groups in total. The summed E-state index contributed by atoms with van der Waals surface area (Å²) in [6.45, 7) is 12.4. The number of aryl methyl sites for hydroxylation is 2. The highest BCUT2D eigenvalue weighted by Crippen LogP contribution is 2.11. The van der Waals surface area contributed by atoms with Crippen molar-refractivity contribution in [3.05, 3.63) is 35.4 Å². The van der Waals surface area contributed by atoms with Gasteiger partial charge in [-0.05, 0) is 64.0 Å². The van der Waals surface area contributed by atoms with Crippen molar-refractivity contribution < 1.29 is 0 Å². The van der Waals surface area contributed by atoms with Gasteiger partial charge in [-0.2, -0.15) is 0 Å². The van der Waals surface area contributed by atoms with E-state index in [4.69, 9.17) is 0 Å². The molecule has 0 atom stereocenters. The van der Waals surface area contributed by atoms with Crippen molar-refractivity contribution in [2.45, 2.75) is 25.7 Å². The van der Waals surface area contributed by atoms with E-state index >= 15 is 0 Å². The smallest absolute Gasteiger partial charge is 0.0110 e. The van der Waals surface area contributed by atoms with Gasteiger partial charge in [-0.25, -0.2) is 0 Å². The predicted octanol–water partition coefficient (Wildman–Crippen LogP) is 2.05. The van der Waals surface area contributed by atoms with Gasteiger partial charge < -0.3 is 19.6 Å². The summed E-state index contributed by atoms with van der Waals surface area (Å²) in [5.41, 5.74) is 3.05. The molecule has 4 nitrogen and oxygen atoms in total. The zero-order valence-corrected chi connectivity index (χ0v) is 17.0. The Morgan fingerprint density at radius 2 is 1.08 bits per heavy atom. The van der Waals surface area contributed by atoms with Gasteiger partial charge in [-0.15, -0.1) is 0 Å². The lowest BCUT2D eigenvalue weighted by Gasteiger charge is -2.32. The van der Waals surface area contributed by atoms with E-state index in [1.165, 1.54) is 102 Å². The van der Waals surface area contributed by atoms with Crippen LogP contribution in [0.3, 0.4) is 0 Å². The topological polar surface area (TPSA) is 13.0 Å². The molecule has 146 valence electrons. The second-order valence-electron chi connectivity index (χ2n) is 8.32. The number of piperazine rings is 2. The van der Waals surface area contributed by atoms with Crippen LogP contribution in [0.4, 0.5) is 0 Å². The maximum Gasteiger partial charge on any atom is 0.0110 e. The maximum atomic E-state index is 2.62. The molecule has 0 saturated carbocycles. The molecule has 0 bridgehead atoms. The third-order valence-corrected chi connectivity index (χ3v) is 6.06. The molecule has 2 heterocycles. The second kappa shape index (κ2) is 10.4. The van der Waals surface area contributed by atoms with Crippen molar-refractivity contribution in [1.29, 1.82) is 0 Å². The average molecular weight is 359 g/mol. The van der Waals surface area contributed by atoms with Gasteiger partial charge in [0.15, 0.2) is 0 Å². The van der Waals surface area contributed by atoms with Crippen LogP contribution in [0.1, 0.15) is 24.0 Å². The number of hydrogen-bond donors (Lipinski definition) is 0. The van der Waals surface area contributed by atoms with Gasteiger partial charge in [-0.3, -0.25) is 0 Å². The largest absolute Gasteiger partial charge is 0.304 e. The minimum Gasteiger partial charge on any atom is -0.304 e. The van der Waals surface area contributed by atoms with E-state index < -0.39 is 0 Å². The van der Waals surface area contributed by atoms with Crippen molar-refractivity contribution in [3.8, 4) is 0 Å². The van der Waals surface area contributed by atoms with Crippen LogP contribution in [-0.4, -0.2) is 99.1 Å². The van der Waals surface area contributed by atoms with Gasteiger partial charge in [0, 0.05) is 52.4 Å². The molecule has 0 aromatic heterocycles. The zero-order valence-electron chi connectivity index (χ0n) is 17.0. The van der Waals surface area contributed by atoms with E-state index in [2.05, 4.69) is 58.0 Å². The Hall–Kier alpha value is -0.940. The van der Waals surface area contributed by atoms with E-state index in [-0.39, 0.29) is 0 Å². The molecule has 2 fully saturated rings. The molecule has 1 aromatic carbocycles. The number of benzene rings is 1. The van der Waals surface area contributed by atoms with E-state index in [9.17, 15) is 0 Å².